The van der Waals surface area contributed by atoms with Crippen LogP contribution in [0.25, 0.3) is 0 Å². The van der Waals surface area contributed by atoms with Crippen molar-refractivity contribution >= 4 is 5.91 Å². The van der Waals surface area contributed by atoms with Crippen molar-refractivity contribution < 1.29 is 4.79 Å². The Balaban J connectivity index is 2.32. The first kappa shape index (κ1) is 8.77. The second-order valence-electron chi connectivity index (χ2n) is 2.81. The minimum atomic E-state index is 0.130. The number of rotatable bonds is 3. The van der Waals surface area contributed by atoms with Gasteiger partial charge in [0.05, 0.1) is 0 Å². The molecule has 1 aromatic rings. The van der Waals surface area contributed by atoms with Gasteiger partial charge in [-0.25, -0.2) is 0 Å². The van der Waals surface area contributed by atoms with Crippen LogP contribution in [0.5, 0.6) is 0 Å². The average Bonchev–Trinajstić information content (AvgIpc) is 2.51. The van der Waals surface area contributed by atoms with E-state index in [4.69, 9.17) is 0 Å². The van der Waals surface area contributed by atoms with Crippen LogP contribution in [0.1, 0.15) is 6.42 Å². The summed E-state index contributed by atoms with van der Waals surface area (Å²) in [6, 6.07) is 1.85. The smallest absolute Gasteiger partial charge is 0.223 e. The summed E-state index contributed by atoms with van der Waals surface area (Å²) in [6.45, 7) is 0.657. The fourth-order valence-corrected chi connectivity index (χ4v) is 0.867. The highest BCUT2D eigenvalue weighted by Gasteiger charge is 2.02. The van der Waals surface area contributed by atoms with Crippen molar-refractivity contribution in [1.29, 1.82) is 0 Å². The quantitative estimate of drug-likeness (QED) is 0.652. The first-order chi connectivity index (χ1) is 5.70. The molecule has 1 aromatic heterocycles. The first-order valence-corrected chi connectivity index (χ1v) is 3.88. The molecular weight excluding hydrogens is 154 g/mol. The van der Waals surface area contributed by atoms with Gasteiger partial charge in [0, 0.05) is 39.5 Å². The van der Waals surface area contributed by atoms with Crippen LogP contribution in [0.15, 0.2) is 18.5 Å². The van der Waals surface area contributed by atoms with Crippen molar-refractivity contribution in [2.45, 2.75) is 13.0 Å². The normalized spacial score (nSPS) is 9.83. The van der Waals surface area contributed by atoms with E-state index in [1.807, 2.05) is 12.3 Å². The van der Waals surface area contributed by atoms with Gasteiger partial charge in [-0.3, -0.25) is 9.48 Å². The zero-order valence-electron chi connectivity index (χ0n) is 7.40. The van der Waals surface area contributed by atoms with Gasteiger partial charge in [-0.15, -0.1) is 0 Å². The van der Waals surface area contributed by atoms with E-state index in [2.05, 4.69) is 5.10 Å². The molecule has 0 atom stereocenters. The number of amides is 1. The molecule has 0 radical (unpaired) electrons. The molecular formula is C8H13N3O. The Kier molecular flexibility index (Phi) is 2.85. The van der Waals surface area contributed by atoms with Crippen LogP contribution in [0.3, 0.4) is 0 Å². The monoisotopic (exact) mass is 167 g/mol. The maximum atomic E-state index is 11.1. The van der Waals surface area contributed by atoms with Gasteiger partial charge in [-0.1, -0.05) is 0 Å². The number of carbonyl (C=O) groups excluding carboxylic acids is 1. The Hall–Kier alpha value is -1.32. The lowest BCUT2D eigenvalue weighted by Gasteiger charge is -2.09. The molecule has 0 aliphatic heterocycles. The molecule has 0 fully saturated rings. The van der Waals surface area contributed by atoms with E-state index in [9.17, 15) is 4.79 Å². The van der Waals surface area contributed by atoms with Gasteiger partial charge in [0.25, 0.3) is 0 Å². The molecule has 1 heterocycles. The summed E-state index contributed by atoms with van der Waals surface area (Å²) in [5, 5.41) is 3.99. The molecule has 12 heavy (non-hydrogen) atoms. The lowest BCUT2D eigenvalue weighted by Crippen LogP contribution is -2.22. The summed E-state index contributed by atoms with van der Waals surface area (Å²) in [7, 11) is 3.51. The van der Waals surface area contributed by atoms with Crippen molar-refractivity contribution in [2.24, 2.45) is 0 Å². The van der Waals surface area contributed by atoms with Gasteiger partial charge in [-0.05, 0) is 6.07 Å². The number of aryl methyl sites for hydroxylation is 1. The van der Waals surface area contributed by atoms with Crippen molar-refractivity contribution in [3.05, 3.63) is 18.5 Å². The molecule has 0 aromatic carbocycles. The molecule has 0 bridgehead atoms. The highest BCUT2D eigenvalue weighted by Crippen LogP contribution is 1.92. The summed E-state index contributed by atoms with van der Waals surface area (Å²) < 4.78 is 1.75. The zero-order chi connectivity index (χ0) is 8.97. The second kappa shape index (κ2) is 3.90. The van der Waals surface area contributed by atoms with Crippen molar-refractivity contribution in [1.82, 2.24) is 14.7 Å². The maximum absolute atomic E-state index is 11.1. The molecule has 4 nitrogen and oxygen atoms in total. The van der Waals surface area contributed by atoms with Crippen LogP contribution >= 0.6 is 0 Å². The largest absolute Gasteiger partial charge is 0.349 e. The molecule has 0 aliphatic carbocycles. The summed E-state index contributed by atoms with van der Waals surface area (Å²) in [6.07, 6.45) is 4.07. The highest BCUT2D eigenvalue weighted by atomic mass is 16.2. The van der Waals surface area contributed by atoms with E-state index < -0.39 is 0 Å². The molecule has 66 valence electrons. The summed E-state index contributed by atoms with van der Waals surface area (Å²) >= 11 is 0. The van der Waals surface area contributed by atoms with E-state index in [0.717, 1.165) is 0 Å². The number of nitrogens with zero attached hydrogens (tertiary/aromatic N) is 3. The summed E-state index contributed by atoms with van der Waals surface area (Å²) in [5.74, 6) is 0.130. The van der Waals surface area contributed by atoms with Crippen LogP contribution in [-0.4, -0.2) is 34.7 Å². The van der Waals surface area contributed by atoms with Crippen LogP contribution in [-0.2, 0) is 11.3 Å². The van der Waals surface area contributed by atoms with E-state index in [1.54, 1.807) is 29.9 Å². The third-order valence-corrected chi connectivity index (χ3v) is 1.61. The first-order valence-electron chi connectivity index (χ1n) is 3.88. The number of hydrogen-bond acceptors (Lipinski definition) is 2. The van der Waals surface area contributed by atoms with Crippen molar-refractivity contribution in [2.75, 3.05) is 14.1 Å². The lowest BCUT2D eigenvalue weighted by molar-refractivity contribution is -0.128. The minimum Gasteiger partial charge on any atom is -0.349 e. The molecule has 1 amide bonds. The van der Waals surface area contributed by atoms with Crippen LogP contribution in [0.2, 0.25) is 0 Å². The Bertz CT molecular complexity index is 241. The Morgan fingerprint density at radius 1 is 1.58 bits per heavy atom. The molecule has 0 saturated carbocycles. The summed E-state index contributed by atoms with van der Waals surface area (Å²) in [5.41, 5.74) is 0. The Morgan fingerprint density at radius 3 is 2.83 bits per heavy atom. The minimum absolute atomic E-state index is 0.130. The van der Waals surface area contributed by atoms with Crippen LogP contribution in [0, 0.1) is 0 Å². The maximum Gasteiger partial charge on any atom is 0.223 e. The van der Waals surface area contributed by atoms with Gasteiger partial charge in [0.15, 0.2) is 0 Å². The van der Waals surface area contributed by atoms with Gasteiger partial charge in [0.1, 0.15) is 0 Å². The van der Waals surface area contributed by atoms with E-state index in [1.165, 1.54) is 0 Å². The highest BCUT2D eigenvalue weighted by molar-refractivity contribution is 5.75. The third-order valence-electron chi connectivity index (χ3n) is 1.61. The van der Waals surface area contributed by atoms with Crippen molar-refractivity contribution in [3.8, 4) is 0 Å². The molecule has 0 unspecified atom stereocenters. The Morgan fingerprint density at radius 2 is 2.33 bits per heavy atom. The summed E-state index contributed by atoms with van der Waals surface area (Å²) in [4.78, 5) is 12.7. The lowest BCUT2D eigenvalue weighted by atomic mass is 10.4. The molecule has 1 rings (SSSR count). The molecule has 0 N–H and O–H groups in total. The zero-order valence-corrected chi connectivity index (χ0v) is 7.40. The van der Waals surface area contributed by atoms with E-state index >= 15 is 0 Å². The van der Waals surface area contributed by atoms with Gasteiger partial charge >= 0.3 is 0 Å². The van der Waals surface area contributed by atoms with E-state index in [0.29, 0.717) is 13.0 Å². The number of aromatic nitrogens is 2. The van der Waals surface area contributed by atoms with Gasteiger partial charge < -0.3 is 4.90 Å². The van der Waals surface area contributed by atoms with Crippen LogP contribution in [0.4, 0.5) is 0 Å². The van der Waals surface area contributed by atoms with Crippen molar-refractivity contribution in [3.63, 3.8) is 0 Å². The molecule has 0 spiro atoms. The topological polar surface area (TPSA) is 38.1 Å². The Labute approximate surface area is 71.8 Å². The average molecular weight is 167 g/mol. The molecule has 0 saturated heterocycles. The van der Waals surface area contributed by atoms with Gasteiger partial charge in [-0.2, -0.15) is 5.10 Å². The third kappa shape index (κ3) is 2.38. The molecule has 0 aliphatic rings. The predicted octanol–water partition coefficient (Wildman–Crippen LogP) is 0.361. The fraction of sp³-hybridized carbons (Fsp3) is 0.500. The van der Waals surface area contributed by atoms with E-state index in [-0.39, 0.29) is 5.91 Å². The SMILES string of the molecule is CN(C)C(=O)CCn1cccn1. The standard InChI is InChI=1S/C8H13N3O/c1-10(2)8(12)4-7-11-6-3-5-9-11/h3,5-6H,4,7H2,1-2H3. The second-order valence-corrected chi connectivity index (χ2v) is 2.81. The van der Waals surface area contributed by atoms with Crippen LogP contribution < -0.4 is 0 Å². The number of carbonyl (C=O) groups is 1. The predicted molar refractivity (Wildman–Crippen MR) is 45.5 cm³/mol. The van der Waals surface area contributed by atoms with Gasteiger partial charge in [0.2, 0.25) is 5.91 Å². The fourth-order valence-electron chi connectivity index (χ4n) is 0.867. The number of hydrogen-bond donors (Lipinski definition) is 0. The molecule has 4 heteroatoms.